The number of carbonyl (C=O) groups is 2. The van der Waals surface area contributed by atoms with Crippen molar-refractivity contribution in [2.75, 3.05) is 52.5 Å². The first kappa shape index (κ1) is 18.6. The Bertz CT molecular complexity index is 597. The summed E-state index contributed by atoms with van der Waals surface area (Å²) in [6.45, 7) is 1.57. The molecule has 0 aromatic heterocycles. The number of rotatable bonds is 10. The van der Waals surface area contributed by atoms with Crippen molar-refractivity contribution in [3.8, 4) is 0 Å². The van der Waals surface area contributed by atoms with Gasteiger partial charge in [-0.05, 0) is 0 Å². The van der Waals surface area contributed by atoms with Crippen LogP contribution in [-0.2, 0) is 9.59 Å². The van der Waals surface area contributed by atoms with E-state index in [0.717, 1.165) is 0 Å². The highest BCUT2D eigenvalue weighted by Crippen LogP contribution is 2.32. The topological polar surface area (TPSA) is 145 Å². The van der Waals surface area contributed by atoms with Crippen molar-refractivity contribution in [3.63, 3.8) is 0 Å². The number of Topliss-reactive ketones (excluding diaryl/α,β-unsaturated/α-hetero) is 2. The fourth-order valence-corrected chi connectivity index (χ4v) is 2.73. The van der Waals surface area contributed by atoms with E-state index in [1.54, 1.807) is 9.80 Å². The molecule has 0 amide bonds. The number of hydrogen-bond acceptors (Lipinski definition) is 10. The summed E-state index contributed by atoms with van der Waals surface area (Å²) in [5, 5.41) is 42.7. The molecule has 1 aliphatic carbocycles. The molecule has 10 heteroatoms. The Hall–Kier alpha value is -2.14. The van der Waals surface area contributed by atoms with Crippen molar-refractivity contribution in [2.45, 2.75) is 12.2 Å². The van der Waals surface area contributed by atoms with Gasteiger partial charge in [-0.1, -0.05) is 0 Å². The maximum Gasteiger partial charge on any atom is 0.229 e. The molecule has 0 spiro atoms. The molecule has 2 saturated heterocycles. The summed E-state index contributed by atoms with van der Waals surface area (Å²) in [4.78, 5) is 29.5. The summed E-state index contributed by atoms with van der Waals surface area (Å²) in [5.41, 5.74) is 0.698. The highest BCUT2D eigenvalue weighted by molar-refractivity contribution is 6.24. The minimum atomic E-state index is -1.05. The quantitative estimate of drug-likeness (QED) is 0.167. The van der Waals surface area contributed by atoms with Gasteiger partial charge < -0.3 is 40.9 Å². The zero-order valence-electron chi connectivity index (χ0n) is 14.3. The van der Waals surface area contributed by atoms with E-state index in [-0.39, 0.29) is 47.4 Å². The predicted octanol–water partition coefficient (Wildman–Crippen LogP) is -3.92. The van der Waals surface area contributed by atoms with Crippen LogP contribution in [0.2, 0.25) is 0 Å². The molecule has 26 heavy (non-hydrogen) atoms. The lowest BCUT2D eigenvalue weighted by molar-refractivity contribution is -0.118. The van der Waals surface area contributed by atoms with Gasteiger partial charge in [0.05, 0.1) is 25.4 Å². The maximum absolute atomic E-state index is 13.0. The number of nitrogens with zero attached hydrogens (tertiary/aromatic N) is 2. The molecule has 0 bridgehead atoms. The summed E-state index contributed by atoms with van der Waals surface area (Å²) in [7, 11) is 0. The number of nitrogens with one attached hydrogen (secondary N) is 2. The largest absolute Gasteiger partial charge is 0.394 e. The number of aliphatic hydroxyl groups is 4. The van der Waals surface area contributed by atoms with Crippen LogP contribution in [-0.4, -0.2) is 106 Å². The molecule has 3 rings (SSSR count). The van der Waals surface area contributed by atoms with Gasteiger partial charge in [0.2, 0.25) is 11.6 Å². The first-order chi connectivity index (χ1) is 12.5. The lowest BCUT2D eigenvalue weighted by Crippen LogP contribution is -2.43. The van der Waals surface area contributed by atoms with Crippen molar-refractivity contribution in [3.05, 3.63) is 22.8 Å². The monoisotopic (exact) mass is 368 g/mol. The van der Waals surface area contributed by atoms with Crippen LogP contribution in [0.3, 0.4) is 0 Å². The van der Waals surface area contributed by atoms with Gasteiger partial charge in [0.15, 0.2) is 0 Å². The molecule has 0 aromatic rings. The van der Waals surface area contributed by atoms with E-state index in [1.807, 2.05) is 0 Å². The second-order valence-corrected chi connectivity index (χ2v) is 6.51. The average Bonchev–Trinajstić information content (AvgIpc) is 3.52. The molecule has 2 aliphatic heterocycles. The SMILES string of the molecule is O=C1C(NCC(O)CO)=C(N2CC2)C(=O)C(NCC(O)CO)=C1N1CC1. The standard InChI is InChI=1S/C16H24N4O6/c21-7-9(23)5-17-11-13(19-1-2-19)15(25)12(18-6-10(24)8-22)14(16(11)26)20-3-4-20/h9-10,17-18,21-24H,1-8H2. The summed E-state index contributed by atoms with van der Waals surface area (Å²) in [5.74, 6) is -0.731. The lowest BCUT2D eigenvalue weighted by atomic mass is 9.98. The highest BCUT2D eigenvalue weighted by Gasteiger charge is 2.44. The lowest BCUT2D eigenvalue weighted by Gasteiger charge is -2.27. The van der Waals surface area contributed by atoms with Gasteiger partial charge in [-0.2, -0.15) is 0 Å². The van der Waals surface area contributed by atoms with Crippen LogP contribution in [0.1, 0.15) is 0 Å². The van der Waals surface area contributed by atoms with E-state index < -0.39 is 25.4 Å². The molecule has 2 unspecified atom stereocenters. The Morgan fingerprint density at radius 2 is 1.12 bits per heavy atom. The summed E-state index contributed by atoms with van der Waals surface area (Å²) in [6, 6.07) is 0. The van der Waals surface area contributed by atoms with Gasteiger partial charge in [0.1, 0.15) is 22.8 Å². The van der Waals surface area contributed by atoms with Crippen LogP contribution >= 0.6 is 0 Å². The van der Waals surface area contributed by atoms with E-state index in [1.165, 1.54) is 0 Å². The van der Waals surface area contributed by atoms with Crippen LogP contribution in [0.15, 0.2) is 22.8 Å². The highest BCUT2D eigenvalue weighted by atomic mass is 16.3. The number of carbonyl (C=O) groups excluding carboxylic acids is 2. The summed E-state index contributed by atoms with van der Waals surface area (Å²) < 4.78 is 0. The van der Waals surface area contributed by atoms with E-state index in [9.17, 15) is 19.8 Å². The zero-order chi connectivity index (χ0) is 18.8. The van der Waals surface area contributed by atoms with Crippen molar-refractivity contribution in [2.24, 2.45) is 0 Å². The molecular weight excluding hydrogens is 344 g/mol. The minimum Gasteiger partial charge on any atom is -0.394 e. The fourth-order valence-electron chi connectivity index (χ4n) is 2.73. The van der Waals surface area contributed by atoms with E-state index in [0.29, 0.717) is 26.2 Å². The second-order valence-electron chi connectivity index (χ2n) is 6.51. The Kier molecular flexibility index (Phi) is 5.47. The van der Waals surface area contributed by atoms with Crippen LogP contribution in [0, 0.1) is 0 Å². The third kappa shape index (κ3) is 3.83. The fraction of sp³-hybridized carbons (Fsp3) is 0.625. The first-order valence-corrected chi connectivity index (χ1v) is 8.61. The van der Waals surface area contributed by atoms with E-state index >= 15 is 0 Å². The summed E-state index contributed by atoms with van der Waals surface area (Å²) in [6.07, 6.45) is -2.09. The first-order valence-electron chi connectivity index (χ1n) is 8.61. The second kappa shape index (κ2) is 7.62. The van der Waals surface area contributed by atoms with E-state index in [4.69, 9.17) is 10.2 Å². The van der Waals surface area contributed by atoms with Crippen LogP contribution in [0.25, 0.3) is 0 Å². The van der Waals surface area contributed by atoms with Gasteiger partial charge in [0, 0.05) is 39.3 Å². The predicted molar refractivity (Wildman–Crippen MR) is 89.4 cm³/mol. The van der Waals surface area contributed by atoms with Crippen LogP contribution in [0.4, 0.5) is 0 Å². The van der Waals surface area contributed by atoms with Crippen molar-refractivity contribution < 1.29 is 30.0 Å². The number of hydrogen-bond donors (Lipinski definition) is 6. The van der Waals surface area contributed by atoms with Gasteiger partial charge in [-0.25, -0.2) is 0 Å². The normalized spacial score (nSPS) is 22.0. The summed E-state index contributed by atoms with van der Waals surface area (Å²) >= 11 is 0. The molecule has 2 atom stereocenters. The van der Waals surface area contributed by atoms with Crippen molar-refractivity contribution >= 4 is 11.6 Å². The van der Waals surface area contributed by atoms with E-state index in [2.05, 4.69) is 10.6 Å². The zero-order valence-corrected chi connectivity index (χ0v) is 14.3. The molecule has 2 fully saturated rings. The Morgan fingerprint density at radius 3 is 1.38 bits per heavy atom. The van der Waals surface area contributed by atoms with Gasteiger partial charge in [-0.3, -0.25) is 9.59 Å². The molecular formula is C16H24N4O6. The third-order valence-corrected chi connectivity index (χ3v) is 4.34. The molecule has 0 saturated carbocycles. The Balaban J connectivity index is 1.89. The van der Waals surface area contributed by atoms with Crippen LogP contribution < -0.4 is 10.6 Å². The van der Waals surface area contributed by atoms with Gasteiger partial charge in [-0.15, -0.1) is 0 Å². The Morgan fingerprint density at radius 1 is 0.769 bits per heavy atom. The Labute approximate surface area is 150 Å². The number of aliphatic hydroxyl groups excluding tert-OH is 4. The van der Waals surface area contributed by atoms with Crippen molar-refractivity contribution in [1.82, 2.24) is 20.4 Å². The third-order valence-electron chi connectivity index (χ3n) is 4.34. The minimum absolute atomic E-state index is 0.0541. The molecule has 0 aromatic carbocycles. The average molecular weight is 368 g/mol. The smallest absolute Gasteiger partial charge is 0.229 e. The van der Waals surface area contributed by atoms with Gasteiger partial charge >= 0.3 is 0 Å². The van der Waals surface area contributed by atoms with Crippen LogP contribution in [0.5, 0.6) is 0 Å². The number of ketones is 2. The maximum atomic E-state index is 13.0. The van der Waals surface area contributed by atoms with Crippen molar-refractivity contribution in [1.29, 1.82) is 0 Å². The molecule has 0 radical (unpaired) electrons. The molecule has 6 N–H and O–H groups in total. The van der Waals surface area contributed by atoms with Gasteiger partial charge in [0.25, 0.3) is 0 Å². The molecule has 2 heterocycles. The molecule has 10 nitrogen and oxygen atoms in total. The molecule has 3 aliphatic rings. The molecule has 144 valence electrons.